The van der Waals surface area contributed by atoms with Crippen molar-refractivity contribution in [2.75, 3.05) is 6.54 Å². The largest absolute Gasteiger partial charge is 0.444 e. The number of ether oxygens (including phenoxy) is 1. The number of hydrogen-bond acceptors (Lipinski definition) is 4. The standard InChI is InChI=1S/C17H30N4O2/c1-12-7-8-21(16(22)23-17(3,4)5)13(2)15(12)19-10-14-9-18-11-20(14)6/h9,11-13,15,19H,7-8,10H2,1-6H3. The van der Waals surface area contributed by atoms with Gasteiger partial charge in [-0.1, -0.05) is 6.92 Å². The van der Waals surface area contributed by atoms with Gasteiger partial charge in [-0.3, -0.25) is 0 Å². The molecule has 1 aromatic rings. The SMILES string of the molecule is CC1CCN(C(=O)OC(C)(C)C)C(C)C1NCc1cncn1C. The summed E-state index contributed by atoms with van der Waals surface area (Å²) in [6, 6.07) is 0.341. The lowest BCUT2D eigenvalue weighted by atomic mass is 9.87. The molecule has 1 saturated heterocycles. The topological polar surface area (TPSA) is 59.4 Å². The number of rotatable bonds is 3. The van der Waals surface area contributed by atoms with Gasteiger partial charge in [0.05, 0.1) is 12.0 Å². The third kappa shape index (κ3) is 4.47. The van der Waals surface area contributed by atoms with E-state index >= 15 is 0 Å². The summed E-state index contributed by atoms with van der Waals surface area (Å²) in [5.41, 5.74) is 0.677. The van der Waals surface area contributed by atoms with Gasteiger partial charge in [-0.2, -0.15) is 0 Å². The summed E-state index contributed by atoms with van der Waals surface area (Å²) in [5, 5.41) is 3.60. The van der Waals surface area contributed by atoms with Crippen LogP contribution in [0.2, 0.25) is 0 Å². The van der Waals surface area contributed by atoms with Crippen LogP contribution in [0.4, 0.5) is 4.79 Å². The molecule has 1 N–H and O–H groups in total. The Kier molecular flexibility index (Phi) is 5.34. The summed E-state index contributed by atoms with van der Waals surface area (Å²) < 4.78 is 7.56. The van der Waals surface area contributed by atoms with E-state index in [1.54, 1.807) is 6.33 Å². The molecule has 6 heteroatoms. The van der Waals surface area contributed by atoms with Crippen molar-refractivity contribution in [3.8, 4) is 0 Å². The van der Waals surface area contributed by atoms with Crippen LogP contribution < -0.4 is 5.32 Å². The van der Waals surface area contributed by atoms with Gasteiger partial charge < -0.3 is 19.5 Å². The minimum absolute atomic E-state index is 0.0989. The van der Waals surface area contributed by atoms with Crippen LogP contribution in [0.15, 0.2) is 12.5 Å². The van der Waals surface area contributed by atoms with Gasteiger partial charge in [-0.15, -0.1) is 0 Å². The first-order valence-corrected chi connectivity index (χ1v) is 8.37. The molecule has 3 atom stereocenters. The second-order valence-electron chi connectivity index (χ2n) is 7.58. The molecule has 1 fully saturated rings. The summed E-state index contributed by atoms with van der Waals surface area (Å²) in [7, 11) is 1.99. The molecule has 3 unspecified atom stereocenters. The number of aryl methyl sites for hydroxylation is 1. The van der Waals surface area contributed by atoms with Crippen LogP contribution in [-0.2, 0) is 18.3 Å². The van der Waals surface area contributed by atoms with Gasteiger partial charge in [0.1, 0.15) is 5.60 Å². The maximum atomic E-state index is 12.4. The van der Waals surface area contributed by atoms with E-state index in [0.717, 1.165) is 25.2 Å². The predicted molar refractivity (Wildman–Crippen MR) is 90.0 cm³/mol. The first kappa shape index (κ1) is 17.8. The Hall–Kier alpha value is -1.56. The smallest absolute Gasteiger partial charge is 0.410 e. The molecule has 1 aliphatic rings. The zero-order chi connectivity index (χ0) is 17.2. The van der Waals surface area contributed by atoms with E-state index in [9.17, 15) is 4.79 Å². The first-order valence-electron chi connectivity index (χ1n) is 8.37. The number of amides is 1. The Morgan fingerprint density at radius 3 is 2.70 bits per heavy atom. The van der Waals surface area contributed by atoms with E-state index in [0.29, 0.717) is 5.92 Å². The fourth-order valence-corrected chi connectivity index (χ4v) is 3.12. The zero-order valence-electron chi connectivity index (χ0n) is 15.2. The van der Waals surface area contributed by atoms with Gasteiger partial charge in [0.25, 0.3) is 0 Å². The second-order valence-corrected chi connectivity index (χ2v) is 7.58. The van der Waals surface area contributed by atoms with Crippen LogP contribution in [0.5, 0.6) is 0 Å². The maximum absolute atomic E-state index is 12.4. The molecule has 0 saturated carbocycles. The van der Waals surface area contributed by atoms with E-state index in [-0.39, 0.29) is 18.2 Å². The number of nitrogens with zero attached hydrogens (tertiary/aromatic N) is 3. The molecule has 6 nitrogen and oxygen atoms in total. The third-order valence-electron chi connectivity index (χ3n) is 4.51. The number of imidazole rings is 1. The van der Waals surface area contributed by atoms with Crippen molar-refractivity contribution in [3.05, 3.63) is 18.2 Å². The lowest BCUT2D eigenvalue weighted by Gasteiger charge is -2.43. The van der Waals surface area contributed by atoms with Gasteiger partial charge in [-0.05, 0) is 40.0 Å². The molecule has 0 spiro atoms. The van der Waals surface area contributed by atoms with Crippen LogP contribution >= 0.6 is 0 Å². The van der Waals surface area contributed by atoms with Gasteiger partial charge >= 0.3 is 6.09 Å². The van der Waals surface area contributed by atoms with E-state index in [2.05, 4.69) is 24.1 Å². The van der Waals surface area contributed by atoms with Crippen LogP contribution in [0.3, 0.4) is 0 Å². The number of carbonyl (C=O) groups is 1. The number of likely N-dealkylation sites (tertiary alicyclic amines) is 1. The van der Waals surface area contributed by atoms with Crippen LogP contribution in [0.25, 0.3) is 0 Å². The molecular formula is C17H30N4O2. The lowest BCUT2D eigenvalue weighted by molar-refractivity contribution is 0.000631. The average molecular weight is 322 g/mol. The van der Waals surface area contributed by atoms with Crippen molar-refractivity contribution in [2.24, 2.45) is 13.0 Å². The lowest BCUT2D eigenvalue weighted by Crippen LogP contribution is -2.58. The number of aromatic nitrogens is 2. The molecule has 1 aromatic heterocycles. The summed E-state index contributed by atoms with van der Waals surface area (Å²) in [6.45, 7) is 11.5. The molecule has 0 bridgehead atoms. The normalized spacial score (nSPS) is 25.5. The molecular weight excluding hydrogens is 292 g/mol. The van der Waals surface area contributed by atoms with Gasteiger partial charge in [0.2, 0.25) is 0 Å². The fraction of sp³-hybridized carbons (Fsp3) is 0.765. The van der Waals surface area contributed by atoms with Crippen molar-refractivity contribution in [1.29, 1.82) is 0 Å². The minimum atomic E-state index is -0.461. The monoisotopic (exact) mass is 322 g/mol. The van der Waals surface area contributed by atoms with Gasteiger partial charge in [0, 0.05) is 38.4 Å². The summed E-state index contributed by atoms with van der Waals surface area (Å²) in [6.07, 6.45) is 4.44. The number of hydrogen-bond donors (Lipinski definition) is 1. The second kappa shape index (κ2) is 6.91. The van der Waals surface area contributed by atoms with Crippen molar-refractivity contribution < 1.29 is 9.53 Å². The Balaban J connectivity index is 2.01. The van der Waals surface area contributed by atoms with Gasteiger partial charge in [-0.25, -0.2) is 9.78 Å². The van der Waals surface area contributed by atoms with E-state index < -0.39 is 5.60 Å². The molecule has 1 amide bonds. The number of nitrogens with one attached hydrogen (secondary N) is 1. The minimum Gasteiger partial charge on any atom is -0.444 e. The summed E-state index contributed by atoms with van der Waals surface area (Å²) in [5.74, 6) is 0.511. The van der Waals surface area contributed by atoms with Crippen molar-refractivity contribution >= 4 is 6.09 Å². The number of piperidine rings is 1. The van der Waals surface area contributed by atoms with E-state index in [1.165, 1.54) is 0 Å². The van der Waals surface area contributed by atoms with Gasteiger partial charge in [0.15, 0.2) is 0 Å². The summed E-state index contributed by atoms with van der Waals surface area (Å²) >= 11 is 0. The Bertz CT molecular complexity index is 535. The van der Waals surface area contributed by atoms with Crippen LogP contribution in [0, 0.1) is 5.92 Å². The third-order valence-corrected chi connectivity index (χ3v) is 4.51. The highest BCUT2D eigenvalue weighted by atomic mass is 16.6. The molecule has 0 aliphatic carbocycles. The Morgan fingerprint density at radius 2 is 2.13 bits per heavy atom. The van der Waals surface area contributed by atoms with E-state index in [4.69, 9.17) is 4.74 Å². The van der Waals surface area contributed by atoms with Crippen molar-refractivity contribution in [3.63, 3.8) is 0 Å². The molecule has 130 valence electrons. The maximum Gasteiger partial charge on any atom is 0.410 e. The zero-order valence-corrected chi connectivity index (χ0v) is 15.2. The number of carbonyl (C=O) groups excluding carboxylic acids is 1. The fourth-order valence-electron chi connectivity index (χ4n) is 3.12. The Morgan fingerprint density at radius 1 is 1.43 bits per heavy atom. The molecule has 1 aliphatic heterocycles. The Labute approximate surface area is 139 Å². The molecule has 23 heavy (non-hydrogen) atoms. The molecule has 2 heterocycles. The summed E-state index contributed by atoms with van der Waals surface area (Å²) in [4.78, 5) is 18.4. The molecule has 0 radical (unpaired) electrons. The molecule has 0 aromatic carbocycles. The van der Waals surface area contributed by atoms with E-state index in [1.807, 2.05) is 43.5 Å². The van der Waals surface area contributed by atoms with Crippen LogP contribution in [-0.4, -0.2) is 44.8 Å². The highest BCUT2D eigenvalue weighted by Gasteiger charge is 2.37. The highest BCUT2D eigenvalue weighted by Crippen LogP contribution is 2.25. The highest BCUT2D eigenvalue weighted by molar-refractivity contribution is 5.68. The average Bonchev–Trinajstić information content (AvgIpc) is 2.82. The van der Waals surface area contributed by atoms with Crippen LogP contribution in [0.1, 0.15) is 46.7 Å². The quantitative estimate of drug-likeness (QED) is 0.929. The molecule has 2 rings (SSSR count). The predicted octanol–water partition coefficient (Wildman–Crippen LogP) is 2.54. The van der Waals surface area contributed by atoms with Crippen molar-refractivity contribution in [2.45, 2.75) is 65.3 Å². The van der Waals surface area contributed by atoms with Crippen molar-refractivity contribution in [1.82, 2.24) is 19.8 Å². The first-order chi connectivity index (χ1) is 10.7.